The van der Waals surface area contributed by atoms with E-state index in [4.69, 9.17) is 9.47 Å². The average molecular weight is 178 g/mol. The van der Waals surface area contributed by atoms with Gasteiger partial charge in [-0.3, -0.25) is 0 Å². The molecule has 0 atom stereocenters. The molecule has 2 nitrogen and oxygen atoms in total. The van der Waals surface area contributed by atoms with Crippen LogP contribution in [0.25, 0.3) is 0 Å². The van der Waals surface area contributed by atoms with Crippen LogP contribution in [-0.2, 0) is 9.47 Å². The van der Waals surface area contributed by atoms with Crippen molar-refractivity contribution in [1.29, 1.82) is 0 Å². The van der Waals surface area contributed by atoms with Crippen LogP contribution in [0.15, 0.2) is 42.5 Å². The molecule has 68 valence electrons. The Hall–Kier alpha value is -1.12. The summed E-state index contributed by atoms with van der Waals surface area (Å²) in [4.78, 5) is 0. The van der Waals surface area contributed by atoms with Crippen LogP contribution in [0.1, 0.15) is 11.9 Å². The van der Waals surface area contributed by atoms with E-state index in [-0.39, 0.29) is 6.29 Å². The van der Waals surface area contributed by atoms with Crippen molar-refractivity contribution in [1.82, 2.24) is 0 Å². The third-order valence-corrected chi connectivity index (χ3v) is 1.93. The summed E-state index contributed by atoms with van der Waals surface area (Å²) in [5.74, 6) is 0. The molecule has 0 aromatic heterocycles. The predicted molar refractivity (Wildman–Crippen MR) is 50.2 cm³/mol. The smallest absolute Gasteiger partial charge is 0.184 e. The zero-order chi connectivity index (χ0) is 8.93. The molecule has 0 saturated carbocycles. The summed E-state index contributed by atoms with van der Waals surface area (Å²) in [5, 5.41) is 0. The molecule has 1 aliphatic heterocycles. The van der Waals surface area contributed by atoms with E-state index < -0.39 is 0 Å². The molecule has 0 amide bonds. The van der Waals surface area contributed by atoms with Crippen LogP contribution in [-0.4, -0.2) is 13.2 Å². The Balaban J connectivity index is 2.09. The second kappa shape index (κ2) is 4.21. The highest BCUT2D eigenvalue weighted by Crippen LogP contribution is 2.19. The predicted octanol–water partition coefficient (Wildman–Crippen LogP) is 2.29. The van der Waals surface area contributed by atoms with Crippen LogP contribution in [0.2, 0.25) is 0 Å². The Morgan fingerprint density at radius 1 is 0.923 bits per heavy atom. The Morgan fingerprint density at radius 2 is 1.54 bits per heavy atom. The molecule has 1 aromatic carbocycles. The summed E-state index contributed by atoms with van der Waals surface area (Å²) < 4.78 is 11.0. The first-order chi connectivity index (χ1) is 6.47. The number of ether oxygens (including phenoxy) is 2. The van der Waals surface area contributed by atoms with Crippen molar-refractivity contribution in [2.45, 2.75) is 6.29 Å². The van der Waals surface area contributed by atoms with E-state index in [2.05, 4.69) is 0 Å². The highest BCUT2D eigenvalue weighted by atomic mass is 16.7. The van der Waals surface area contributed by atoms with E-state index in [0.29, 0.717) is 13.2 Å². The summed E-state index contributed by atoms with van der Waals surface area (Å²) in [6, 6.07) is 9.98. The topological polar surface area (TPSA) is 18.5 Å². The third-order valence-electron chi connectivity index (χ3n) is 1.93. The highest BCUT2D eigenvalue weighted by molar-refractivity contribution is 5.16. The van der Waals surface area contributed by atoms with Crippen LogP contribution in [0.4, 0.5) is 0 Å². The minimum absolute atomic E-state index is 0.212. The van der Waals surface area contributed by atoms with Crippen LogP contribution >= 0.6 is 0 Å². The lowest BCUT2D eigenvalue weighted by molar-refractivity contribution is -0.125. The van der Waals surface area contributed by atoms with Gasteiger partial charge < -0.3 is 9.47 Å². The van der Waals surface area contributed by atoms with Gasteiger partial charge in [0.05, 0.1) is 13.2 Å². The van der Waals surface area contributed by atoms with E-state index >= 15 is 0 Å². The van der Waals surface area contributed by atoms with E-state index in [1.807, 2.05) is 42.5 Å². The lowest BCUT2D eigenvalue weighted by Crippen LogP contribution is -2.06. The van der Waals surface area contributed by atoms with Crippen LogP contribution in [0, 0.1) is 0 Å². The van der Waals surface area contributed by atoms with Crippen LogP contribution in [0.3, 0.4) is 0 Å². The Kier molecular flexibility index (Phi) is 2.75. The minimum atomic E-state index is -0.212. The molecule has 0 N–H and O–H groups in total. The van der Waals surface area contributed by atoms with Gasteiger partial charge in [-0.05, 0) is 0 Å². The Labute approximate surface area is 77.8 Å². The first kappa shape index (κ1) is 8.48. The van der Waals surface area contributed by atoms with E-state index in [0.717, 1.165) is 5.56 Å². The Morgan fingerprint density at radius 3 is 2.15 bits per heavy atom. The standard InChI is InChI=1S/C11H12O2/c1-2-6-10(7-3-1)11-12-8-4-5-9-13-11/h1-7,11H,8-9H2/i4+1,5+1. The fraction of sp³-hybridized carbons (Fsp3) is 0.273. The molecule has 13 heavy (non-hydrogen) atoms. The lowest BCUT2D eigenvalue weighted by atomic mass is 10.2. The molecule has 0 fully saturated rings. The quantitative estimate of drug-likeness (QED) is 0.485. The zero-order valence-corrected chi connectivity index (χ0v) is 7.35. The van der Waals surface area contributed by atoms with Crippen molar-refractivity contribution in [3.8, 4) is 0 Å². The fourth-order valence-electron chi connectivity index (χ4n) is 1.27. The first-order valence-corrected chi connectivity index (χ1v) is 4.40. The average Bonchev–Trinajstić information content (AvgIpc) is 2.47. The highest BCUT2D eigenvalue weighted by Gasteiger charge is 2.11. The lowest BCUT2D eigenvalue weighted by Gasteiger charge is -2.15. The maximum atomic E-state index is 5.48. The van der Waals surface area contributed by atoms with Crippen molar-refractivity contribution in [2.75, 3.05) is 13.2 Å². The molecule has 1 heterocycles. The molecule has 2 heteroatoms. The summed E-state index contributed by atoms with van der Waals surface area (Å²) in [7, 11) is 0. The number of benzene rings is 1. The first-order valence-electron chi connectivity index (χ1n) is 4.40. The molecule has 2 rings (SSSR count). The fourth-order valence-corrected chi connectivity index (χ4v) is 1.27. The Bertz CT molecular complexity index is 269. The molecule has 0 radical (unpaired) electrons. The molecule has 1 aliphatic rings. The maximum Gasteiger partial charge on any atom is 0.184 e. The molecule has 0 unspecified atom stereocenters. The normalized spacial score (nSPS) is 18.5. The van der Waals surface area contributed by atoms with E-state index in [1.54, 1.807) is 0 Å². The summed E-state index contributed by atoms with van der Waals surface area (Å²) in [5.41, 5.74) is 1.08. The van der Waals surface area contributed by atoms with Gasteiger partial charge in [0.25, 0.3) is 0 Å². The summed E-state index contributed by atoms with van der Waals surface area (Å²) in [6.07, 6.45) is 3.74. The minimum Gasteiger partial charge on any atom is -0.344 e. The van der Waals surface area contributed by atoms with Gasteiger partial charge in [-0.15, -0.1) is 0 Å². The van der Waals surface area contributed by atoms with Gasteiger partial charge in [-0.2, -0.15) is 0 Å². The molecular formula is C11H12O2. The largest absolute Gasteiger partial charge is 0.344 e. The molecule has 0 saturated heterocycles. The maximum absolute atomic E-state index is 5.48. The van der Waals surface area contributed by atoms with Gasteiger partial charge in [0, 0.05) is 5.56 Å². The third kappa shape index (κ3) is 2.17. The van der Waals surface area contributed by atoms with Crippen molar-refractivity contribution in [3.05, 3.63) is 48.0 Å². The SMILES string of the molecule is c1ccc(C2OC[13CH]=[13CH]CO2)cc1. The number of rotatable bonds is 1. The molecule has 1 aromatic rings. The second-order valence-electron chi connectivity index (χ2n) is 2.88. The van der Waals surface area contributed by atoms with Gasteiger partial charge in [0.1, 0.15) is 0 Å². The van der Waals surface area contributed by atoms with Crippen molar-refractivity contribution < 1.29 is 9.47 Å². The van der Waals surface area contributed by atoms with Gasteiger partial charge >= 0.3 is 0 Å². The summed E-state index contributed by atoms with van der Waals surface area (Å²) >= 11 is 0. The zero-order valence-electron chi connectivity index (χ0n) is 7.35. The molecule has 0 bridgehead atoms. The second-order valence-corrected chi connectivity index (χ2v) is 2.88. The van der Waals surface area contributed by atoms with E-state index in [1.165, 1.54) is 0 Å². The monoisotopic (exact) mass is 178 g/mol. The molecule has 0 aliphatic carbocycles. The number of hydrogen-bond acceptors (Lipinski definition) is 2. The van der Waals surface area contributed by atoms with Crippen molar-refractivity contribution in [2.24, 2.45) is 0 Å². The van der Waals surface area contributed by atoms with Gasteiger partial charge in [-0.25, -0.2) is 0 Å². The molecular weight excluding hydrogens is 166 g/mol. The van der Waals surface area contributed by atoms with Gasteiger partial charge in [0.2, 0.25) is 0 Å². The van der Waals surface area contributed by atoms with Crippen molar-refractivity contribution in [3.63, 3.8) is 0 Å². The van der Waals surface area contributed by atoms with Gasteiger partial charge in [-0.1, -0.05) is 42.5 Å². The molecule has 0 spiro atoms. The van der Waals surface area contributed by atoms with E-state index in [9.17, 15) is 0 Å². The van der Waals surface area contributed by atoms with Gasteiger partial charge in [0.15, 0.2) is 6.29 Å². The number of hydrogen-bond donors (Lipinski definition) is 0. The summed E-state index contributed by atoms with van der Waals surface area (Å²) in [6.45, 7) is 1.25. The van der Waals surface area contributed by atoms with Crippen LogP contribution in [0.5, 0.6) is 0 Å². The van der Waals surface area contributed by atoms with Crippen LogP contribution < -0.4 is 0 Å². The van der Waals surface area contributed by atoms with Crippen molar-refractivity contribution >= 4 is 0 Å².